The van der Waals surface area contributed by atoms with E-state index in [1.165, 1.54) is 0 Å². The molecule has 0 bridgehead atoms. The summed E-state index contributed by atoms with van der Waals surface area (Å²) in [7, 11) is 1.84. The first-order valence-corrected chi connectivity index (χ1v) is 7.20. The summed E-state index contributed by atoms with van der Waals surface area (Å²) in [6.45, 7) is 1.46. The average Bonchev–Trinajstić information content (AvgIpc) is 2.89. The molecule has 106 valence electrons. The molecule has 1 aliphatic heterocycles. The van der Waals surface area contributed by atoms with E-state index in [1.54, 1.807) is 4.90 Å². The number of carbonyl (C=O) groups is 1. The Labute approximate surface area is 118 Å². The van der Waals surface area contributed by atoms with Gasteiger partial charge in [0.2, 0.25) is 5.91 Å². The number of hydrogen-bond donors (Lipinski definition) is 1. The van der Waals surface area contributed by atoms with Gasteiger partial charge in [0, 0.05) is 12.4 Å². The molecule has 0 radical (unpaired) electrons. The number of rotatable bonds is 3. The highest BCUT2D eigenvalue weighted by molar-refractivity contribution is 5.82. The zero-order valence-corrected chi connectivity index (χ0v) is 11.8. The van der Waals surface area contributed by atoms with Crippen LogP contribution in [-0.2, 0) is 11.3 Å². The van der Waals surface area contributed by atoms with Gasteiger partial charge in [0.15, 0.2) is 0 Å². The summed E-state index contributed by atoms with van der Waals surface area (Å²) in [4.78, 5) is 14.1. The quantitative estimate of drug-likeness (QED) is 0.934. The summed E-state index contributed by atoms with van der Waals surface area (Å²) < 4.78 is 5.76. The van der Waals surface area contributed by atoms with Crippen molar-refractivity contribution in [3.8, 4) is 0 Å². The first-order chi connectivity index (χ1) is 9.74. The number of carbonyl (C=O) groups excluding carboxylic acids is 1. The van der Waals surface area contributed by atoms with Crippen molar-refractivity contribution in [2.45, 2.75) is 31.8 Å². The van der Waals surface area contributed by atoms with E-state index in [-0.39, 0.29) is 11.9 Å². The lowest BCUT2D eigenvalue weighted by molar-refractivity contribution is -0.133. The highest BCUT2D eigenvalue weighted by Crippen LogP contribution is 2.20. The summed E-state index contributed by atoms with van der Waals surface area (Å²) in [6, 6.07) is 9.89. The topological polar surface area (TPSA) is 45.5 Å². The summed E-state index contributed by atoms with van der Waals surface area (Å²) in [6.07, 6.45) is 3.22. The van der Waals surface area contributed by atoms with Crippen molar-refractivity contribution < 1.29 is 9.21 Å². The van der Waals surface area contributed by atoms with Gasteiger partial charge in [-0.25, -0.2) is 0 Å². The molecule has 1 N–H and O–H groups in total. The first kappa shape index (κ1) is 13.2. The number of hydrogen-bond acceptors (Lipinski definition) is 3. The molecule has 0 saturated carbocycles. The van der Waals surface area contributed by atoms with Gasteiger partial charge in [-0.2, -0.15) is 0 Å². The largest absolute Gasteiger partial charge is 0.459 e. The van der Waals surface area contributed by atoms with Gasteiger partial charge in [0.1, 0.15) is 11.3 Å². The predicted molar refractivity (Wildman–Crippen MR) is 78.3 cm³/mol. The number of furan rings is 1. The maximum Gasteiger partial charge on any atom is 0.239 e. The summed E-state index contributed by atoms with van der Waals surface area (Å²) in [5.74, 6) is 0.989. The Balaban J connectivity index is 1.68. The van der Waals surface area contributed by atoms with E-state index in [2.05, 4.69) is 5.32 Å². The number of para-hydroxylation sites is 1. The van der Waals surface area contributed by atoms with Crippen molar-refractivity contribution in [1.82, 2.24) is 10.2 Å². The summed E-state index contributed by atoms with van der Waals surface area (Å²) >= 11 is 0. The number of nitrogens with zero attached hydrogens (tertiary/aromatic N) is 1. The van der Waals surface area contributed by atoms with Crippen LogP contribution in [0.1, 0.15) is 25.0 Å². The zero-order valence-electron chi connectivity index (χ0n) is 11.8. The Kier molecular flexibility index (Phi) is 3.74. The van der Waals surface area contributed by atoms with E-state index >= 15 is 0 Å². The van der Waals surface area contributed by atoms with Gasteiger partial charge in [-0.1, -0.05) is 24.6 Å². The average molecular weight is 272 g/mol. The Hall–Kier alpha value is -1.81. The second-order valence-corrected chi connectivity index (χ2v) is 5.45. The maximum atomic E-state index is 12.3. The van der Waals surface area contributed by atoms with Crippen LogP contribution in [0.3, 0.4) is 0 Å². The minimum Gasteiger partial charge on any atom is -0.459 e. The fourth-order valence-electron chi connectivity index (χ4n) is 2.76. The number of amides is 1. The van der Waals surface area contributed by atoms with Crippen LogP contribution in [0.4, 0.5) is 0 Å². The van der Waals surface area contributed by atoms with Gasteiger partial charge < -0.3 is 14.6 Å². The summed E-state index contributed by atoms with van der Waals surface area (Å²) in [5.41, 5.74) is 0.874. The van der Waals surface area contributed by atoms with E-state index in [9.17, 15) is 4.79 Å². The molecule has 1 saturated heterocycles. The number of benzene rings is 1. The number of nitrogens with one attached hydrogen (secondary N) is 1. The standard InChI is InChI=1S/C16H20N2O2/c1-18(16(19)14-7-4-5-9-17-14)11-13-10-12-6-2-3-8-15(12)20-13/h2-3,6,8,10,14,17H,4-5,7,9,11H2,1H3. The molecule has 1 fully saturated rings. The second-order valence-electron chi connectivity index (χ2n) is 5.45. The maximum absolute atomic E-state index is 12.3. The van der Waals surface area contributed by atoms with E-state index < -0.39 is 0 Å². The molecule has 20 heavy (non-hydrogen) atoms. The van der Waals surface area contributed by atoms with Crippen LogP contribution in [0.15, 0.2) is 34.7 Å². The smallest absolute Gasteiger partial charge is 0.239 e. The summed E-state index contributed by atoms with van der Waals surface area (Å²) in [5, 5.41) is 4.37. The minimum atomic E-state index is -0.0295. The van der Waals surface area contributed by atoms with E-state index in [0.717, 1.165) is 42.5 Å². The zero-order chi connectivity index (χ0) is 13.9. The molecule has 3 rings (SSSR count). The molecular weight excluding hydrogens is 252 g/mol. The van der Waals surface area contributed by atoms with Gasteiger partial charge in [-0.3, -0.25) is 4.79 Å². The third-order valence-electron chi connectivity index (χ3n) is 3.85. The first-order valence-electron chi connectivity index (χ1n) is 7.20. The van der Waals surface area contributed by atoms with Crippen LogP contribution >= 0.6 is 0 Å². The molecule has 2 aromatic rings. The minimum absolute atomic E-state index is 0.0295. The number of likely N-dealkylation sites (N-methyl/N-ethyl adjacent to an activating group) is 1. The van der Waals surface area contributed by atoms with Crippen molar-refractivity contribution in [2.24, 2.45) is 0 Å². The molecule has 4 nitrogen and oxygen atoms in total. The highest BCUT2D eigenvalue weighted by atomic mass is 16.3. The molecule has 0 spiro atoms. The molecule has 1 aliphatic rings. The Morgan fingerprint density at radius 2 is 2.25 bits per heavy atom. The van der Waals surface area contributed by atoms with Gasteiger partial charge in [0.25, 0.3) is 0 Å². The molecule has 2 heterocycles. The van der Waals surface area contributed by atoms with E-state index in [1.807, 2.05) is 37.4 Å². The predicted octanol–water partition coefficient (Wildman–Crippen LogP) is 2.53. The van der Waals surface area contributed by atoms with E-state index in [4.69, 9.17) is 4.42 Å². The lowest BCUT2D eigenvalue weighted by Crippen LogP contribution is -2.46. The van der Waals surface area contributed by atoms with Crippen LogP contribution in [-0.4, -0.2) is 30.4 Å². The monoisotopic (exact) mass is 272 g/mol. The Morgan fingerprint density at radius 3 is 3.00 bits per heavy atom. The van der Waals surface area contributed by atoms with Gasteiger partial charge >= 0.3 is 0 Å². The molecule has 0 aliphatic carbocycles. The fourth-order valence-corrected chi connectivity index (χ4v) is 2.76. The van der Waals surface area contributed by atoms with Gasteiger partial charge in [-0.15, -0.1) is 0 Å². The van der Waals surface area contributed by atoms with Crippen molar-refractivity contribution in [1.29, 1.82) is 0 Å². The van der Waals surface area contributed by atoms with Crippen LogP contribution < -0.4 is 5.32 Å². The van der Waals surface area contributed by atoms with Crippen LogP contribution in [0, 0.1) is 0 Å². The third kappa shape index (κ3) is 2.70. The Morgan fingerprint density at radius 1 is 1.40 bits per heavy atom. The number of fused-ring (bicyclic) bond motifs is 1. The molecule has 1 unspecified atom stereocenters. The van der Waals surface area contributed by atoms with Crippen molar-refractivity contribution in [3.05, 3.63) is 36.1 Å². The van der Waals surface area contributed by atoms with Crippen LogP contribution in [0.5, 0.6) is 0 Å². The van der Waals surface area contributed by atoms with Gasteiger partial charge in [-0.05, 0) is 31.5 Å². The van der Waals surface area contributed by atoms with E-state index in [0.29, 0.717) is 6.54 Å². The fraction of sp³-hybridized carbons (Fsp3) is 0.438. The molecule has 1 amide bonds. The van der Waals surface area contributed by atoms with Crippen LogP contribution in [0.2, 0.25) is 0 Å². The third-order valence-corrected chi connectivity index (χ3v) is 3.85. The second kappa shape index (κ2) is 5.67. The van der Waals surface area contributed by atoms with Crippen molar-refractivity contribution >= 4 is 16.9 Å². The molecule has 1 aromatic carbocycles. The lowest BCUT2D eigenvalue weighted by Gasteiger charge is -2.26. The highest BCUT2D eigenvalue weighted by Gasteiger charge is 2.24. The van der Waals surface area contributed by atoms with Crippen molar-refractivity contribution in [2.75, 3.05) is 13.6 Å². The van der Waals surface area contributed by atoms with Gasteiger partial charge in [0.05, 0.1) is 12.6 Å². The normalized spacial score (nSPS) is 19.1. The number of piperidine rings is 1. The lowest BCUT2D eigenvalue weighted by atomic mass is 10.0. The molecule has 1 atom stereocenters. The molecular formula is C16H20N2O2. The SMILES string of the molecule is CN(Cc1cc2ccccc2o1)C(=O)C1CCCCN1. The molecule has 4 heteroatoms. The molecule has 1 aromatic heterocycles. The van der Waals surface area contributed by atoms with Crippen molar-refractivity contribution in [3.63, 3.8) is 0 Å². The Bertz CT molecular complexity index is 566. The van der Waals surface area contributed by atoms with Crippen LogP contribution in [0.25, 0.3) is 11.0 Å².